The lowest BCUT2D eigenvalue weighted by Crippen LogP contribution is -2.03. The standard InChI is InChI=1S/C14H17N3O/c1-8(18)14-10(3-2-4-13(14)17)11-7-9(15)5-6-12(11)16/h2-8,18H,15-17H2,1H3. The lowest BCUT2D eigenvalue weighted by Gasteiger charge is -2.16. The van der Waals surface area contributed by atoms with E-state index in [1.54, 1.807) is 31.2 Å². The number of hydrogen-bond acceptors (Lipinski definition) is 4. The molecule has 18 heavy (non-hydrogen) atoms. The molecule has 1 unspecified atom stereocenters. The van der Waals surface area contributed by atoms with Gasteiger partial charge < -0.3 is 22.3 Å². The minimum Gasteiger partial charge on any atom is -0.399 e. The Kier molecular flexibility index (Phi) is 3.12. The lowest BCUT2D eigenvalue weighted by atomic mass is 9.94. The zero-order chi connectivity index (χ0) is 13.3. The predicted octanol–water partition coefficient (Wildman–Crippen LogP) is 2.15. The highest BCUT2D eigenvalue weighted by molar-refractivity contribution is 5.83. The van der Waals surface area contributed by atoms with Gasteiger partial charge in [0, 0.05) is 28.2 Å². The highest BCUT2D eigenvalue weighted by atomic mass is 16.3. The first kappa shape index (κ1) is 12.3. The quantitative estimate of drug-likeness (QED) is 0.607. The van der Waals surface area contributed by atoms with Gasteiger partial charge in [-0.25, -0.2) is 0 Å². The normalized spacial score (nSPS) is 12.3. The van der Waals surface area contributed by atoms with Gasteiger partial charge in [0.2, 0.25) is 0 Å². The van der Waals surface area contributed by atoms with Crippen LogP contribution in [0.1, 0.15) is 18.6 Å². The van der Waals surface area contributed by atoms with E-state index in [1.807, 2.05) is 12.1 Å². The molecule has 0 aliphatic carbocycles. The Morgan fingerprint density at radius 3 is 2.33 bits per heavy atom. The van der Waals surface area contributed by atoms with Crippen molar-refractivity contribution in [1.82, 2.24) is 0 Å². The van der Waals surface area contributed by atoms with Crippen LogP contribution in [0.2, 0.25) is 0 Å². The molecule has 94 valence electrons. The van der Waals surface area contributed by atoms with Gasteiger partial charge in [0.25, 0.3) is 0 Å². The van der Waals surface area contributed by atoms with E-state index in [0.717, 1.165) is 11.1 Å². The van der Waals surface area contributed by atoms with Crippen molar-refractivity contribution >= 4 is 17.1 Å². The molecule has 1 atom stereocenters. The largest absolute Gasteiger partial charge is 0.399 e. The first-order valence-electron chi connectivity index (χ1n) is 5.72. The molecule has 0 aliphatic heterocycles. The molecule has 0 radical (unpaired) electrons. The van der Waals surface area contributed by atoms with Crippen LogP contribution >= 0.6 is 0 Å². The number of aliphatic hydroxyl groups excluding tert-OH is 1. The number of rotatable bonds is 2. The topological polar surface area (TPSA) is 98.3 Å². The maximum absolute atomic E-state index is 9.85. The third kappa shape index (κ3) is 2.10. The summed E-state index contributed by atoms with van der Waals surface area (Å²) in [7, 11) is 0. The molecule has 0 aliphatic rings. The van der Waals surface area contributed by atoms with Crippen molar-refractivity contribution in [2.75, 3.05) is 17.2 Å². The molecule has 0 amide bonds. The van der Waals surface area contributed by atoms with Gasteiger partial charge >= 0.3 is 0 Å². The zero-order valence-electron chi connectivity index (χ0n) is 10.2. The average molecular weight is 243 g/mol. The molecular weight excluding hydrogens is 226 g/mol. The minimum atomic E-state index is -0.665. The molecule has 0 fully saturated rings. The van der Waals surface area contributed by atoms with Crippen molar-refractivity contribution in [3.05, 3.63) is 42.0 Å². The number of anilines is 3. The van der Waals surface area contributed by atoms with Crippen LogP contribution in [0.5, 0.6) is 0 Å². The average Bonchev–Trinajstić information content (AvgIpc) is 2.31. The van der Waals surface area contributed by atoms with Gasteiger partial charge in [0.15, 0.2) is 0 Å². The summed E-state index contributed by atoms with van der Waals surface area (Å²) < 4.78 is 0. The fraction of sp³-hybridized carbons (Fsp3) is 0.143. The summed E-state index contributed by atoms with van der Waals surface area (Å²) in [5, 5.41) is 9.85. The molecule has 2 aromatic carbocycles. The molecule has 0 saturated heterocycles. The molecule has 0 bridgehead atoms. The first-order valence-corrected chi connectivity index (χ1v) is 5.72. The summed E-state index contributed by atoms with van der Waals surface area (Å²) in [4.78, 5) is 0. The van der Waals surface area contributed by atoms with E-state index in [-0.39, 0.29) is 0 Å². The molecule has 4 nitrogen and oxygen atoms in total. The molecular formula is C14H17N3O. The van der Waals surface area contributed by atoms with Crippen LogP contribution < -0.4 is 17.2 Å². The molecule has 0 saturated carbocycles. The highest BCUT2D eigenvalue weighted by Gasteiger charge is 2.14. The predicted molar refractivity (Wildman–Crippen MR) is 75.7 cm³/mol. The molecule has 0 spiro atoms. The van der Waals surface area contributed by atoms with Gasteiger partial charge in [-0.1, -0.05) is 12.1 Å². The Morgan fingerprint density at radius 2 is 1.67 bits per heavy atom. The summed E-state index contributed by atoms with van der Waals surface area (Å²) in [5.41, 5.74) is 21.7. The Bertz CT molecular complexity index is 579. The second kappa shape index (κ2) is 4.58. The van der Waals surface area contributed by atoms with Gasteiger partial charge in [0.1, 0.15) is 0 Å². The van der Waals surface area contributed by atoms with Crippen LogP contribution in [-0.4, -0.2) is 5.11 Å². The van der Waals surface area contributed by atoms with E-state index < -0.39 is 6.10 Å². The lowest BCUT2D eigenvalue weighted by molar-refractivity contribution is 0.200. The number of benzene rings is 2. The van der Waals surface area contributed by atoms with Crippen molar-refractivity contribution in [2.45, 2.75) is 13.0 Å². The van der Waals surface area contributed by atoms with Crippen molar-refractivity contribution in [2.24, 2.45) is 0 Å². The fourth-order valence-electron chi connectivity index (χ4n) is 2.09. The highest BCUT2D eigenvalue weighted by Crippen LogP contribution is 2.36. The molecule has 2 aromatic rings. The number of nitrogen functional groups attached to an aromatic ring is 3. The van der Waals surface area contributed by atoms with Gasteiger partial charge in [-0.05, 0) is 36.8 Å². The van der Waals surface area contributed by atoms with Crippen LogP contribution in [0, 0.1) is 0 Å². The van der Waals surface area contributed by atoms with Crippen molar-refractivity contribution in [3.63, 3.8) is 0 Å². The summed E-state index contributed by atoms with van der Waals surface area (Å²) in [6, 6.07) is 10.7. The van der Waals surface area contributed by atoms with Crippen LogP contribution in [0.25, 0.3) is 11.1 Å². The Hall–Kier alpha value is -2.20. The zero-order valence-corrected chi connectivity index (χ0v) is 10.2. The van der Waals surface area contributed by atoms with Crippen molar-refractivity contribution in [3.8, 4) is 11.1 Å². The molecule has 4 heteroatoms. The maximum Gasteiger partial charge on any atom is 0.0787 e. The smallest absolute Gasteiger partial charge is 0.0787 e. The summed E-state index contributed by atoms with van der Waals surface area (Å²) in [6.45, 7) is 1.68. The van der Waals surface area contributed by atoms with Crippen LogP contribution in [-0.2, 0) is 0 Å². The van der Waals surface area contributed by atoms with Crippen LogP contribution in [0.15, 0.2) is 36.4 Å². The van der Waals surface area contributed by atoms with Gasteiger partial charge in [-0.3, -0.25) is 0 Å². The maximum atomic E-state index is 9.85. The SMILES string of the molecule is CC(O)c1c(N)cccc1-c1cc(N)ccc1N. The van der Waals surface area contributed by atoms with E-state index in [0.29, 0.717) is 22.6 Å². The monoisotopic (exact) mass is 243 g/mol. The van der Waals surface area contributed by atoms with E-state index in [2.05, 4.69) is 0 Å². The van der Waals surface area contributed by atoms with E-state index in [4.69, 9.17) is 17.2 Å². The Labute approximate surface area is 106 Å². The summed E-state index contributed by atoms with van der Waals surface area (Å²) in [6.07, 6.45) is -0.665. The molecule has 2 rings (SSSR count). The second-order valence-corrected chi connectivity index (χ2v) is 4.33. The van der Waals surface area contributed by atoms with Crippen LogP contribution in [0.3, 0.4) is 0 Å². The van der Waals surface area contributed by atoms with Gasteiger partial charge in [-0.15, -0.1) is 0 Å². The second-order valence-electron chi connectivity index (χ2n) is 4.33. The van der Waals surface area contributed by atoms with Gasteiger partial charge in [0.05, 0.1) is 6.10 Å². The number of aliphatic hydroxyl groups is 1. The summed E-state index contributed by atoms with van der Waals surface area (Å²) in [5.74, 6) is 0. The van der Waals surface area contributed by atoms with Gasteiger partial charge in [-0.2, -0.15) is 0 Å². The molecule has 0 heterocycles. The fourth-order valence-corrected chi connectivity index (χ4v) is 2.09. The third-order valence-corrected chi connectivity index (χ3v) is 2.93. The van der Waals surface area contributed by atoms with E-state index >= 15 is 0 Å². The first-order chi connectivity index (χ1) is 8.50. The Balaban J connectivity index is 2.71. The van der Waals surface area contributed by atoms with E-state index in [1.165, 1.54) is 0 Å². The van der Waals surface area contributed by atoms with E-state index in [9.17, 15) is 5.11 Å². The summed E-state index contributed by atoms with van der Waals surface area (Å²) >= 11 is 0. The number of nitrogens with two attached hydrogens (primary N) is 3. The Morgan fingerprint density at radius 1 is 0.944 bits per heavy atom. The van der Waals surface area contributed by atoms with Crippen molar-refractivity contribution in [1.29, 1.82) is 0 Å². The number of hydrogen-bond donors (Lipinski definition) is 4. The molecule has 0 aromatic heterocycles. The van der Waals surface area contributed by atoms with Crippen molar-refractivity contribution < 1.29 is 5.11 Å². The minimum absolute atomic E-state index is 0.546. The molecule has 7 N–H and O–H groups in total. The van der Waals surface area contributed by atoms with Crippen LogP contribution in [0.4, 0.5) is 17.1 Å². The third-order valence-electron chi connectivity index (χ3n) is 2.93.